The number of carbonyl (C=O) groups excluding carboxylic acids is 1. The van der Waals surface area contributed by atoms with Gasteiger partial charge in [0.05, 0.1) is 6.10 Å². The van der Waals surface area contributed by atoms with Crippen LogP contribution < -0.4 is 19.5 Å². The zero-order valence-electron chi connectivity index (χ0n) is 21.7. The molecule has 2 heterocycles. The fraction of sp³-hybridized carbons (Fsp3) is 0.367. The highest BCUT2D eigenvalue weighted by molar-refractivity contribution is 5.94. The van der Waals surface area contributed by atoms with Crippen molar-refractivity contribution in [1.82, 2.24) is 4.90 Å². The van der Waals surface area contributed by atoms with Crippen LogP contribution in [0.3, 0.4) is 0 Å². The lowest BCUT2D eigenvalue weighted by Crippen LogP contribution is -2.45. The van der Waals surface area contributed by atoms with Crippen LogP contribution in [-0.2, 0) is 16.1 Å². The zero-order valence-corrected chi connectivity index (χ0v) is 21.7. The van der Waals surface area contributed by atoms with E-state index in [-0.39, 0.29) is 31.1 Å². The fourth-order valence-corrected chi connectivity index (χ4v) is 4.72. The number of ether oxygens (including phenoxy) is 4. The Hall–Kier alpha value is -3.62. The first-order valence-electron chi connectivity index (χ1n) is 13.0. The first kappa shape index (κ1) is 26.0. The first-order valence-corrected chi connectivity index (χ1v) is 13.0. The molecule has 0 saturated carbocycles. The number of fused-ring (bicyclic) bond motifs is 1. The molecule has 1 N–H and O–H groups in total. The van der Waals surface area contributed by atoms with Crippen molar-refractivity contribution in [3.05, 3.63) is 83.2 Å². The number of carbonyl (C=O) groups is 1. The Labute approximate surface area is 222 Å². The van der Waals surface area contributed by atoms with Gasteiger partial charge in [-0.2, -0.15) is 0 Å². The molecule has 2 aliphatic heterocycles. The largest absolute Gasteiger partial charge is 0.476 e. The summed E-state index contributed by atoms with van der Waals surface area (Å²) in [4.78, 5) is 15.7. The van der Waals surface area contributed by atoms with E-state index in [2.05, 4.69) is 10.2 Å². The highest BCUT2D eigenvalue weighted by atomic mass is 19.1. The highest BCUT2D eigenvalue weighted by Crippen LogP contribution is 2.33. The molecular formula is C30H33FN2O5. The highest BCUT2D eigenvalue weighted by Gasteiger charge is 2.28. The summed E-state index contributed by atoms with van der Waals surface area (Å²) >= 11 is 0. The molecule has 2 unspecified atom stereocenters. The van der Waals surface area contributed by atoms with Crippen LogP contribution in [0, 0.1) is 19.7 Å². The smallest absolute Gasteiger partial charge is 0.266 e. The van der Waals surface area contributed by atoms with Gasteiger partial charge in [-0.05, 0) is 79.8 Å². The normalized spacial score (nSPS) is 17.0. The van der Waals surface area contributed by atoms with E-state index in [0.29, 0.717) is 30.3 Å². The van der Waals surface area contributed by atoms with Gasteiger partial charge in [0.1, 0.15) is 0 Å². The number of hydrogen-bond acceptors (Lipinski definition) is 6. The van der Waals surface area contributed by atoms with Gasteiger partial charge in [-0.15, -0.1) is 0 Å². The predicted octanol–water partition coefficient (Wildman–Crippen LogP) is 5.24. The van der Waals surface area contributed by atoms with Gasteiger partial charge in [-0.25, -0.2) is 4.39 Å². The van der Waals surface area contributed by atoms with Crippen LogP contribution in [0.1, 0.15) is 29.5 Å². The minimum atomic E-state index is -0.969. The topological polar surface area (TPSA) is 69.3 Å². The van der Waals surface area contributed by atoms with Gasteiger partial charge in [-0.3, -0.25) is 9.69 Å². The van der Waals surface area contributed by atoms with Crippen molar-refractivity contribution in [3.8, 4) is 17.2 Å². The van der Waals surface area contributed by atoms with E-state index in [9.17, 15) is 9.18 Å². The zero-order chi connectivity index (χ0) is 26.5. The Bertz CT molecular complexity index is 1280. The number of aryl methyl sites for hydroxylation is 2. The number of nitrogens with zero attached hydrogens (tertiary/aromatic N) is 1. The summed E-state index contributed by atoms with van der Waals surface area (Å²) in [5.41, 5.74) is 3.87. The quantitative estimate of drug-likeness (QED) is 0.395. The summed E-state index contributed by atoms with van der Waals surface area (Å²) in [6.45, 7) is 6.32. The summed E-state index contributed by atoms with van der Waals surface area (Å²) in [5, 5.41) is 2.97. The molecule has 3 aromatic rings. The lowest BCUT2D eigenvalue weighted by Gasteiger charge is -2.29. The molecule has 7 nitrogen and oxygen atoms in total. The average Bonchev–Trinajstić information content (AvgIpc) is 3.59. The van der Waals surface area contributed by atoms with Crippen LogP contribution >= 0.6 is 0 Å². The SMILES string of the molecule is Cc1ccc(NC(=O)C(CN(Cc2ccc3c(c2)OCO3)CC2CCCO2)Oc2ccccc2F)cc1C. The molecule has 8 heteroatoms. The second-order valence-corrected chi connectivity index (χ2v) is 9.84. The molecule has 1 amide bonds. The fourth-order valence-electron chi connectivity index (χ4n) is 4.72. The minimum absolute atomic E-state index is 0.0351. The number of anilines is 1. The van der Waals surface area contributed by atoms with Gasteiger partial charge in [0.25, 0.3) is 5.91 Å². The second kappa shape index (κ2) is 11.8. The lowest BCUT2D eigenvalue weighted by molar-refractivity contribution is -0.124. The Kier molecular flexibility index (Phi) is 8.10. The Morgan fingerprint density at radius 3 is 2.71 bits per heavy atom. The third kappa shape index (κ3) is 6.44. The van der Waals surface area contributed by atoms with E-state index in [4.69, 9.17) is 18.9 Å². The summed E-state index contributed by atoms with van der Waals surface area (Å²) in [6, 6.07) is 17.7. The van der Waals surface area contributed by atoms with Crippen molar-refractivity contribution in [2.45, 2.75) is 45.4 Å². The molecule has 0 bridgehead atoms. The summed E-state index contributed by atoms with van der Waals surface area (Å²) in [7, 11) is 0. The standard InChI is InChI=1S/C30H33FN2O5/c1-20-9-11-23(14-21(20)2)32-30(34)29(38-26-8-4-3-7-25(26)31)18-33(17-24-6-5-13-35-24)16-22-10-12-27-28(15-22)37-19-36-27/h3-4,7-12,14-15,24,29H,5-6,13,16-19H2,1-2H3,(H,32,34). The first-order chi connectivity index (χ1) is 18.4. The maximum atomic E-state index is 14.6. The molecule has 0 spiro atoms. The van der Waals surface area contributed by atoms with E-state index in [0.717, 1.165) is 36.1 Å². The van der Waals surface area contributed by atoms with Crippen molar-refractivity contribution in [1.29, 1.82) is 0 Å². The Morgan fingerprint density at radius 2 is 1.92 bits per heavy atom. The number of rotatable bonds is 10. The van der Waals surface area contributed by atoms with E-state index in [1.165, 1.54) is 12.1 Å². The van der Waals surface area contributed by atoms with Gasteiger partial charge in [-0.1, -0.05) is 24.3 Å². The van der Waals surface area contributed by atoms with E-state index in [1.54, 1.807) is 12.1 Å². The van der Waals surface area contributed by atoms with Crippen LogP contribution in [0.2, 0.25) is 0 Å². The molecule has 3 aromatic carbocycles. The van der Waals surface area contributed by atoms with E-state index in [1.807, 2.05) is 50.2 Å². The van der Waals surface area contributed by atoms with E-state index >= 15 is 0 Å². The molecule has 0 radical (unpaired) electrons. The van der Waals surface area contributed by atoms with E-state index < -0.39 is 11.9 Å². The number of para-hydroxylation sites is 1. The average molecular weight is 521 g/mol. The van der Waals surface area contributed by atoms with Crippen molar-refractivity contribution >= 4 is 11.6 Å². The summed E-state index contributed by atoms with van der Waals surface area (Å²) in [6.07, 6.45) is 1.04. The summed E-state index contributed by atoms with van der Waals surface area (Å²) < 4.78 is 37.5. The van der Waals surface area contributed by atoms with Crippen LogP contribution in [0.5, 0.6) is 17.2 Å². The molecule has 5 rings (SSSR count). The Morgan fingerprint density at radius 1 is 1.08 bits per heavy atom. The number of nitrogens with one attached hydrogen (secondary N) is 1. The van der Waals surface area contributed by atoms with Crippen molar-refractivity contribution in [2.75, 3.05) is 31.8 Å². The van der Waals surface area contributed by atoms with Gasteiger partial charge >= 0.3 is 0 Å². The van der Waals surface area contributed by atoms with Crippen molar-refractivity contribution < 1.29 is 28.1 Å². The van der Waals surface area contributed by atoms with Gasteiger partial charge in [0, 0.05) is 31.9 Å². The molecule has 1 fully saturated rings. The van der Waals surface area contributed by atoms with Gasteiger partial charge < -0.3 is 24.3 Å². The maximum Gasteiger partial charge on any atom is 0.266 e. The maximum absolute atomic E-state index is 14.6. The molecule has 0 aliphatic carbocycles. The van der Waals surface area contributed by atoms with Crippen molar-refractivity contribution in [3.63, 3.8) is 0 Å². The Balaban J connectivity index is 1.39. The molecule has 0 aromatic heterocycles. The van der Waals surface area contributed by atoms with Gasteiger partial charge in [0.15, 0.2) is 29.2 Å². The molecule has 2 atom stereocenters. The number of benzene rings is 3. The summed E-state index contributed by atoms with van der Waals surface area (Å²) in [5.74, 6) is 0.588. The molecular weight excluding hydrogens is 487 g/mol. The van der Waals surface area contributed by atoms with Crippen LogP contribution in [-0.4, -0.2) is 49.5 Å². The molecule has 1 saturated heterocycles. The monoisotopic (exact) mass is 520 g/mol. The molecule has 38 heavy (non-hydrogen) atoms. The third-order valence-electron chi connectivity index (χ3n) is 6.93. The third-order valence-corrected chi connectivity index (χ3v) is 6.93. The lowest BCUT2D eigenvalue weighted by atomic mass is 10.1. The van der Waals surface area contributed by atoms with Crippen LogP contribution in [0.4, 0.5) is 10.1 Å². The second-order valence-electron chi connectivity index (χ2n) is 9.84. The number of amides is 1. The number of halogens is 1. The predicted molar refractivity (Wildman–Crippen MR) is 142 cm³/mol. The molecule has 200 valence electrons. The van der Waals surface area contributed by atoms with Crippen molar-refractivity contribution in [2.24, 2.45) is 0 Å². The van der Waals surface area contributed by atoms with Crippen LogP contribution in [0.15, 0.2) is 60.7 Å². The van der Waals surface area contributed by atoms with Gasteiger partial charge in [0.2, 0.25) is 6.79 Å². The molecule has 2 aliphatic rings. The number of hydrogen-bond donors (Lipinski definition) is 1. The van der Waals surface area contributed by atoms with Crippen LogP contribution in [0.25, 0.3) is 0 Å². The minimum Gasteiger partial charge on any atom is -0.476 e.